The Morgan fingerprint density at radius 2 is 2.00 bits per heavy atom. The van der Waals surface area contributed by atoms with Gasteiger partial charge in [-0.2, -0.15) is 23.3 Å². The molecule has 0 unspecified atom stereocenters. The molecule has 3 rings (SSSR count). The van der Waals surface area contributed by atoms with Crippen LogP contribution in [0, 0.1) is 22.0 Å². The lowest BCUT2D eigenvalue weighted by molar-refractivity contribution is -0.384. The van der Waals surface area contributed by atoms with Gasteiger partial charge in [-0.15, -0.1) is 0 Å². The number of amides is 1. The van der Waals surface area contributed by atoms with Gasteiger partial charge in [-0.25, -0.2) is 0 Å². The summed E-state index contributed by atoms with van der Waals surface area (Å²) in [5, 5.41) is 25.2. The third kappa shape index (κ3) is 3.18. The molecule has 146 valence electrons. The van der Waals surface area contributed by atoms with E-state index in [0.29, 0.717) is 18.4 Å². The summed E-state index contributed by atoms with van der Waals surface area (Å²) < 4.78 is 41.2. The molecule has 7 nitrogen and oxygen atoms in total. The van der Waals surface area contributed by atoms with Gasteiger partial charge in [-0.05, 0) is 24.3 Å². The van der Waals surface area contributed by atoms with Crippen molar-refractivity contribution in [1.29, 1.82) is 0 Å². The van der Waals surface area contributed by atoms with E-state index < -0.39 is 35.1 Å². The zero-order valence-electron chi connectivity index (χ0n) is 14.4. The first kappa shape index (κ1) is 19.3. The van der Waals surface area contributed by atoms with Gasteiger partial charge in [0.15, 0.2) is 0 Å². The highest BCUT2D eigenvalue weighted by atomic mass is 19.4. The number of non-ortho nitro benzene ring substituents is 1. The van der Waals surface area contributed by atoms with E-state index >= 15 is 0 Å². The molecule has 1 aromatic rings. The number of nitro benzene ring substituents is 1. The highest BCUT2D eigenvalue weighted by Crippen LogP contribution is 2.49. The van der Waals surface area contributed by atoms with Gasteiger partial charge in [0.1, 0.15) is 0 Å². The molecule has 1 saturated carbocycles. The van der Waals surface area contributed by atoms with Crippen LogP contribution in [0.5, 0.6) is 0 Å². The number of fused-ring (bicyclic) bond motifs is 1. The number of hydrogen-bond donors (Lipinski definition) is 1. The molecule has 1 aliphatic heterocycles. The van der Waals surface area contributed by atoms with Gasteiger partial charge < -0.3 is 5.11 Å². The lowest BCUT2D eigenvalue weighted by Gasteiger charge is -2.39. The highest BCUT2D eigenvalue weighted by molar-refractivity contribution is 5.95. The van der Waals surface area contributed by atoms with Crippen LogP contribution in [0.1, 0.15) is 31.7 Å². The maximum Gasteiger partial charge on any atom is 0.439 e. The van der Waals surface area contributed by atoms with Crippen LogP contribution in [0.25, 0.3) is 0 Å². The van der Waals surface area contributed by atoms with Gasteiger partial charge >= 0.3 is 6.18 Å². The third-order valence-corrected chi connectivity index (χ3v) is 5.17. The van der Waals surface area contributed by atoms with Crippen LogP contribution in [-0.4, -0.2) is 38.6 Å². The molecule has 3 atom stereocenters. The molecule has 10 heteroatoms. The summed E-state index contributed by atoms with van der Waals surface area (Å²) in [5.41, 5.74) is -3.08. The predicted molar refractivity (Wildman–Crippen MR) is 88.6 cm³/mol. The van der Waals surface area contributed by atoms with Crippen molar-refractivity contribution in [2.24, 2.45) is 16.9 Å². The molecule has 1 amide bonds. The second kappa shape index (κ2) is 6.59. The monoisotopic (exact) mass is 385 g/mol. The summed E-state index contributed by atoms with van der Waals surface area (Å²) in [6.07, 6.45) is -4.28. The number of nitro groups is 1. The molecule has 0 spiro atoms. The van der Waals surface area contributed by atoms with E-state index in [2.05, 4.69) is 5.10 Å². The van der Waals surface area contributed by atoms with Gasteiger partial charge in [0.2, 0.25) is 5.91 Å². The average Bonchev–Trinajstić information content (AvgIpc) is 2.91. The Hall–Kier alpha value is -2.49. The van der Waals surface area contributed by atoms with Crippen LogP contribution in [0.3, 0.4) is 0 Å². The molecule has 1 heterocycles. The summed E-state index contributed by atoms with van der Waals surface area (Å²) in [6, 6.07) is 4.91. The van der Waals surface area contributed by atoms with Gasteiger partial charge in [0.25, 0.3) is 11.4 Å². The van der Waals surface area contributed by atoms with Crippen LogP contribution in [0.15, 0.2) is 29.4 Å². The van der Waals surface area contributed by atoms with Crippen molar-refractivity contribution in [2.75, 3.05) is 0 Å². The molecule has 0 radical (unpaired) electrons. The zero-order valence-corrected chi connectivity index (χ0v) is 14.4. The largest absolute Gasteiger partial charge is 0.439 e. The summed E-state index contributed by atoms with van der Waals surface area (Å²) in [5.74, 6) is -2.55. The molecule has 0 saturated heterocycles. The van der Waals surface area contributed by atoms with Crippen LogP contribution >= 0.6 is 0 Å². The van der Waals surface area contributed by atoms with Crippen molar-refractivity contribution < 1.29 is 28.0 Å². The van der Waals surface area contributed by atoms with Crippen molar-refractivity contribution in [3.63, 3.8) is 0 Å². The van der Waals surface area contributed by atoms with E-state index in [9.17, 15) is 33.2 Å². The summed E-state index contributed by atoms with van der Waals surface area (Å²) in [6.45, 7) is 1.73. The highest BCUT2D eigenvalue weighted by Gasteiger charge is 2.68. The smallest absolute Gasteiger partial charge is 0.362 e. The minimum atomic E-state index is -5.06. The average molecular weight is 385 g/mol. The quantitative estimate of drug-likeness (QED) is 0.639. The van der Waals surface area contributed by atoms with Gasteiger partial charge in [0, 0.05) is 17.8 Å². The third-order valence-electron chi connectivity index (χ3n) is 5.17. The van der Waals surface area contributed by atoms with Crippen molar-refractivity contribution in [2.45, 2.75) is 44.5 Å². The molecule has 1 aliphatic carbocycles. The van der Waals surface area contributed by atoms with Crippen molar-refractivity contribution in [1.82, 2.24) is 5.01 Å². The number of alkyl halides is 3. The molecule has 2 aliphatic rings. The van der Waals surface area contributed by atoms with Crippen LogP contribution < -0.4 is 0 Å². The van der Waals surface area contributed by atoms with E-state index in [4.69, 9.17) is 0 Å². The van der Waals surface area contributed by atoms with Crippen LogP contribution in [0.2, 0.25) is 0 Å². The molecular weight excluding hydrogens is 367 g/mol. The molecule has 27 heavy (non-hydrogen) atoms. The fraction of sp³-hybridized carbons (Fsp3) is 0.529. The second-order valence-corrected chi connectivity index (χ2v) is 6.94. The maximum absolute atomic E-state index is 13.7. The number of carbonyl (C=O) groups is 1. The van der Waals surface area contributed by atoms with Gasteiger partial charge in [-0.3, -0.25) is 14.9 Å². The van der Waals surface area contributed by atoms with Crippen LogP contribution in [0.4, 0.5) is 18.9 Å². The first-order chi connectivity index (χ1) is 12.6. The minimum absolute atomic E-state index is 0.0977. The fourth-order valence-electron chi connectivity index (χ4n) is 3.73. The van der Waals surface area contributed by atoms with Crippen LogP contribution in [-0.2, 0) is 11.2 Å². The minimum Gasteiger partial charge on any atom is -0.362 e. The van der Waals surface area contributed by atoms with Crippen molar-refractivity contribution in [3.8, 4) is 0 Å². The van der Waals surface area contributed by atoms with Gasteiger partial charge in [0.05, 0.1) is 17.3 Å². The topological polar surface area (TPSA) is 96.0 Å². The molecule has 1 fully saturated rings. The van der Waals surface area contributed by atoms with E-state index in [1.807, 2.05) is 0 Å². The van der Waals surface area contributed by atoms with E-state index in [1.165, 1.54) is 12.1 Å². The number of hydrogen-bond acceptors (Lipinski definition) is 5. The van der Waals surface area contributed by atoms with Crippen molar-refractivity contribution >= 4 is 17.3 Å². The Kier molecular flexibility index (Phi) is 4.71. The number of rotatable bonds is 3. The number of halogens is 3. The first-order valence-corrected chi connectivity index (χ1v) is 8.49. The summed E-state index contributed by atoms with van der Waals surface area (Å²) in [4.78, 5) is 22.6. The Morgan fingerprint density at radius 1 is 1.37 bits per heavy atom. The first-order valence-electron chi connectivity index (χ1n) is 8.49. The molecular formula is C17H18F3N3O4. The maximum atomic E-state index is 13.7. The molecule has 0 aromatic heterocycles. The SMILES string of the molecule is C[C@@H]1CCC[C@@H]2C1=NN(C(=O)Cc1ccc([N+](=O)[O-])cc1)[C@]2(O)C(F)(F)F. The molecule has 1 aromatic carbocycles. The molecule has 1 N–H and O–H groups in total. The Balaban J connectivity index is 1.90. The standard InChI is InChI=1S/C17H18F3N3O4/c1-10-3-2-4-13-15(10)21-22(16(13,25)17(18,19)20)14(24)9-11-5-7-12(8-6-11)23(26)27/h5-8,10,13,25H,2-4,9H2,1H3/t10-,13-,16-/m1/s1. The van der Waals surface area contributed by atoms with E-state index in [1.54, 1.807) is 6.92 Å². The zero-order chi connectivity index (χ0) is 20.0. The lowest BCUT2D eigenvalue weighted by Crippen LogP contribution is -2.62. The predicted octanol–water partition coefficient (Wildman–Crippen LogP) is 3.02. The molecule has 0 bridgehead atoms. The Labute approximate surface area is 152 Å². The van der Waals surface area contributed by atoms with E-state index in [-0.39, 0.29) is 28.7 Å². The number of carbonyl (C=O) groups excluding carboxylic acids is 1. The van der Waals surface area contributed by atoms with Gasteiger partial charge in [-0.1, -0.05) is 25.5 Å². The number of benzene rings is 1. The lowest BCUT2D eigenvalue weighted by atomic mass is 9.75. The second-order valence-electron chi connectivity index (χ2n) is 6.94. The Bertz CT molecular complexity index is 794. The summed E-state index contributed by atoms with van der Waals surface area (Å²) >= 11 is 0. The number of nitrogens with zero attached hydrogens (tertiary/aromatic N) is 3. The Morgan fingerprint density at radius 3 is 2.56 bits per heavy atom. The summed E-state index contributed by atoms with van der Waals surface area (Å²) in [7, 11) is 0. The normalized spacial score (nSPS) is 27.9. The van der Waals surface area contributed by atoms with Crippen molar-refractivity contribution in [3.05, 3.63) is 39.9 Å². The number of aliphatic hydroxyl groups is 1. The fourth-order valence-corrected chi connectivity index (χ4v) is 3.73. The van der Waals surface area contributed by atoms with E-state index in [0.717, 1.165) is 12.1 Å². The number of hydrazone groups is 1.